The number of hydrogen-bond acceptors (Lipinski definition) is 7. The summed E-state index contributed by atoms with van der Waals surface area (Å²) in [6, 6.07) is 0.108. The van der Waals surface area contributed by atoms with Gasteiger partial charge in [-0.05, 0) is 63.7 Å². The molecule has 0 aromatic rings. The van der Waals surface area contributed by atoms with Gasteiger partial charge in [0.2, 0.25) is 5.91 Å². The molecule has 1 saturated carbocycles. The number of carbonyl (C=O) groups excluding carboxylic acids is 2. The van der Waals surface area contributed by atoms with Gasteiger partial charge in [0, 0.05) is 31.9 Å². The lowest BCUT2D eigenvalue weighted by Crippen LogP contribution is -2.42. The minimum atomic E-state index is -0.667. The fourth-order valence-electron chi connectivity index (χ4n) is 7.24. The second-order valence-corrected chi connectivity index (χ2v) is 15.0. The highest BCUT2D eigenvalue weighted by molar-refractivity contribution is 5.79. The zero-order valence-electron chi connectivity index (χ0n) is 30.9. The van der Waals surface area contributed by atoms with Crippen molar-refractivity contribution in [3.05, 3.63) is 0 Å². The SMILES string of the molecule is CCCCCCCC(O)C(O)CCCCCCCC(=O)N[C@H]1CCCC[C@@H]1CC(=O)CCCCCCCC(O)C(O)CCCCCCO. The molecule has 6 N–H and O–H groups in total. The number of nitrogens with one attached hydrogen (secondary N) is 1. The molecular weight excluding hydrogens is 606 g/mol. The van der Waals surface area contributed by atoms with Crippen molar-refractivity contribution in [1.82, 2.24) is 5.32 Å². The summed E-state index contributed by atoms with van der Waals surface area (Å²) in [4.78, 5) is 25.5. The molecular formula is C40H77NO7. The molecule has 48 heavy (non-hydrogen) atoms. The van der Waals surface area contributed by atoms with Gasteiger partial charge in [0.15, 0.2) is 0 Å². The zero-order chi connectivity index (χ0) is 35.2. The van der Waals surface area contributed by atoms with Crippen LogP contribution in [-0.4, -0.2) is 74.3 Å². The topological polar surface area (TPSA) is 147 Å². The molecule has 0 aromatic carbocycles. The van der Waals surface area contributed by atoms with Gasteiger partial charge < -0.3 is 30.8 Å². The predicted molar refractivity (Wildman–Crippen MR) is 196 cm³/mol. The van der Waals surface area contributed by atoms with Crippen molar-refractivity contribution in [1.29, 1.82) is 0 Å². The number of unbranched alkanes of at least 4 members (excludes halogenated alkanes) is 15. The minimum absolute atomic E-state index is 0.104. The Morgan fingerprint density at radius 3 is 1.48 bits per heavy atom. The van der Waals surface area contributed by atoms with Crippen molar-refractivity contribution in [2.75, 3.05) is 6.61 Å². The first kappa shape index (κ1) is 45.0. The second-order valence-electron chi connectivity index (χ2n) is 15.0. The number of hydrogen-bond donors (Lipinski definition) is 6. The average molecular weight is 684 g/mol. The second kappa shape index (κ2) is 30.7. The molecule has 0 aromatic heterocycles. The van der Waals surface area contributed by atoms with E-state index in [-0.39, 0.29) is 24.5 Å². The summed E-state index contributed by atoms with van der Waals surface area (Å²) >= 11 is 0. The van der Waals surface area contributed by atoms with E-state index in [1.165, 1.54) is 19.3 Å². The van der Waals surface area contributed by atoms with E-state index in [4.69, 9.17) is 5.11 Å². The Labute approximate surface area is 294 Å². The molecule has 0 spiro atoms. The molecule has 1 aliphatic rings. The summed E-state index contributed by atoms with van der Waals surface area (Å²) in [5.41, 5.74) is 0. The number of rotatable bonds is 33. The van der Waals surface area contributed by atoms with E-state index in [1.54, 1.807) is 0 Å². The summed E-state index contributed by atoms with van der Waals surface area (Å²) < 4.78 is 0. The van der Waals surface area contributed by atoms with Crippen molar-refractivity contribution in [2.45, 2.75) is 230 Å². The monoisotopic (exact) mass is 684 g/mol. The van der Waals surface area contributed by atoms with Crippen LogP contribution in [0.15, 0.2) is 0 Å². The van der Waals surface area contributed by atoms with Crippen LogP contribution in [0.25, 0.3) is 0 Å². The van der Waals surface area contributed by atoms with E-state index >= 15 is 0 Å². The zero-order valence-corrected chi connectivity index (χ0v) is 30.9. The fraction of sp³-hybridized carbons (Fsp3) is 0.950. The van der Waals surface area contributed by atoms with Gasteiger partial charge in [-0.3, -0.25) is 9.59 Å². The largest absolute Gasteiger partial charge is 0.396 e. The van der Waals surface area contributed by atoms with Crippen LogP contribution in [0.5, 0.6) is 0 Å². The van der Waals surface area contributed by atoms with Crippen LogP contribution in [0, 0.1) is 5.92 Å². The normalized spacial score (nSPS) is 19.1. The first-order chi connectivity index (χ1) is 23.3. The lowest BCUT2D eigenvalue weighted by atomic mass is 9.80. The van der Waals surface area contributed by atoms with E-state index in [0.717, 1.165) is 128 Å². The maximum atomic E-state index is 12.8. The lowest BCUT2D eigenvalue weighted by molar-refractivity contribution is -0.124. The van der Waals surface area contributed by atoms with Crippen LogP contribution >= 0.6 is 0 Å². The third-order valence-electron chi connectivity index (χ3n) is 10.5. The van der Waals surface area contributed by atoms with Crippen molar-refractivity contribution in [3.63, 3.8) is 0 Å². The Bertz CT molecular complexity index is 704. The molecule has 8 nitrogen and oxygen atoms in total. The quantitative estimate of drug-likeness (QED) is 0.0387. The van der Waals surface area contributed by atoms with E-state index in [1.807, 2.05) is 0 Å². The smallest absolute Gasteiger partial charge is 0.220 e. The summed E-state index contributed by atoms with van der Waals surface area (Å²) in [5, 5.41) is 52.8. The number of aliphatic hydroxyl groups is 5. The van der Waals surface area contributed by atoms with Gasteiger partial charge in [0.1, 0.15) is 5.78 Å². The van der Waals surface area contributed by atoms with Gasteiger partial charge in [0.25, 0.3) is 0 Å². The Balaban J connectivity index is 2.10. The first-order valence-corrected chi connectivity index (χ1v) is 20.4. The van der Waals surface area contributed by atoms with E-state index in [0.29, 0.717) is 50.7 Å². The molecule has 8 heteroatoms. The molecule has 4 unspecified atom stereocenters. The maximum absolute atomic E-state index is 12.8. The highest BCUT2D eigenvalue weighted by Crippen LogP contribution is 2.28. The lowest BCUT2D eigenvalue weighted by Gasteiger charge is -2.32. The third kappa shape index (κ3) is 24.2. The van der Waals surface area contributed by atoms with E-state index < -0.39 is 24.4 Å². The Hall–Kier alpha value is -1.06. The van der Waals surface area contributed by atoms with Gasteiger partial charge in [-0.25, -0.2) is 0 Å². The minimum Gasteiger partial charge on any atom is -0.396 e. The van der Waals surface area contributed by atoms with Crippen LogP contribution in [0.2, 0.25) is 0 Å². The molecule has 1 amide bonds. The Morgan fingerprint density at radius 1 is 0.562 bits per heavy atom. The first-order valence-electron chi connectivity index (χ1n) is 20.4. The van der Waals surface area contributed by atoms with Gasteiger partial charge in [0.05, 0.1) is 24.4 Å². The standard InChI is InChI=1S/C40H77NO7/c1-2-3-4-7-15-26-36(44)37(45)28-17-10-6-11-19-30-40(48)41-35-25-21-20-23-33(35)32-34(43)24-14-8-5-9-16-27-38(46)39(47)29-18-12-13-22-31-42/h33,35-39,42,44-47H,2-32H2,1H3,(H,41,48)/t33-,35+,36?,37?,38?,39?/m1/s1. The summed E-state index contributed by atoms with van der Waals surface area (Å²) in [5.74, 6) is 0.659. The van der Waals surface area contributed by atoms with Crippen LogP contribution in [0.3, 0.4) is 0 Å². The Morgan fingerprint density at radius 2 is 0.979 bits per heavy atom. The summed E-state index contributed by atoms with van der Waals surface area (Å²) in [7, 11) is 0. The third-order valence-corrected chi connectivity index (χ3v) is 10.5. The van der Waals surface area contributed by atoms with Gasteiger partial charge in [-0.2, -0.15) is 0 Å². The molecule has 0 heterocycles. The number of ketones is 1. The van der Waals surface area contributed by atoms with E-state index in [9.17, 15) is 30.0 Å². The van der Waals surface area contributed by atoms with E-state index in [2.05, 4.69) is 12.2 Å². The van der Waals surface area contributed by atoms with Crippen LogP contribution in [-0.2, 0) is 9.59 Å². The molecule has 0 saturated heterocycles. The predicted octanol–water partition coefficient (Wildman–Crippen LogP) is 7.83. The van der Waals surface area contributed by atoms with Crippen LogP contribution in [0.1, 0.15) is 200 Å². The number of amides is 1. The molecule has 1 aliphatic carbocycles. The molecule has 1 rings (SSSR count). The van der Waals surface area contributed by atoms with Crippen molar-refractivity contribution in [2.24, 2.45) is 5.92 Å². The molecule has 0 bridgehead atoms. The van der Waals surface area contributed by atoms with Crippen molar-refractivity contribution >= 4 is 11.7 Å². The number of aliphatic hydroxyl groups excluding tert-OH is 5. The highest BCUT2D eigenvalue weighted by Gasteiger charge is 2.28. The fourth-order valence-corrected chi connectivity index (χ4v) is 7.24. The number of carbonyl (C=O) groups is 2. The highest BCUT2D eigenvalue weighted by atomic mass is 16.3. The van der Waals surface area contributed by atoms with Gasteiger partial charge >= 0.3 is 0 Å². The number of Topliss-reactive ketones (excluding diaryl/α,β-unsaturated/α-hetero) is 1. The Kier molecular flexibility index (Phi) is 28.8. The molecule has 1 fully saturated rings. The van der Waals surface area contributed by atoms with Gasteiger partial charge in [-0.15, -0.1) is 0 Å². The summed E-state index contributed by atoms with van der Waals surface area (Å²) in [6.45, 7) is 2.40. The average Bonchev–Trinajstić information content (AvgIpc) is 3.07. The van der Waals surface area contributed by atoms with Crippen molar-refractivity contribution < 1.29 is 35.1 Å². The van der Waals surface area contributed by atoms with Crippen molar-refractivity contribution in [3.8, 4) is 0 Å². The maximum Gasteiger partial charge on any atom is 0.220 e. The molecule has 0 aliphatic heterocycles. The van der Waals surface area contributed by atoms with Gasteiger partial charge in [-0.1, -0.05) is 122 Å². The summed E-state index contributed by atoms with van der Waals surface area (Å²) in [6.07, 6.45) is 24.8. The molecule has 284 valence electrons. The van der Waals surface area contributed by atoms with Crippen LogP contribution in [0.4, 0.5) is 0 Å². The molecule has 6 atom stereocenters. The molecule has 0 radical (unpaired) electrons. The van der Waals surface area contributed by atoms with Crippen LogP contribution < -0.4 is 5.32 Å².